The quantitative estimate of drug-likeness (QED) is 0.0284. The van der Waals surface area contributed by atoms with Gasteiger partial charge in [-0.05, 0) is 198 Å². The maximum Gasteiger partial charge on any atom is 0.573 e. The molecule has 6 aliphatic heterocycles. The van der Waals surface area contributed by atoms with Crippen molar-refractivity contribution in [1.29, 1.82) is 0 Å². The summed E-state index contributed by atoms with van der Waals surface area (Å²) in [6, 6.07) is 4.98. The molecule has 4 aliphatic carbocycles. The van der Waals surface area contributed by atoms with E-state index in [0.29, 0.717) is 139 Å². The zero-order chi connectivity index (χ0) is 90.7. The van der Waals surface area contributed by atoms with E-state index in [1.54, 1.807) is 27.7 Å². The molecule has 14 rings (SSSR count). The summed E-state index contributed by atoms with van der Waals surface area (Å²) < 4.78 is 165. The maximum atomic E-state index is 14.8. The summed E-state index contributed by atoms with van der Waals surface area (Å²) in [6.45, 7) is 25.0. The predicted octanol–water partition coefficient (Wildman–Crippen LogP) is 9.19. The zero-order valence-corrected chi connectivity index (χ0v) is 75.9. The maximum absolute atomic E-state index is 14.8. The van der Waals surface area contributed by atoms with Gasteiger partial charge >= 0.3 is 24.1 Å². The molecule has 2 spiro atoms. The normalized spacial score (nSPS) is 27.3. The number of esters is 1. The highest BCUT2D eigenvalue weighted by atomic mass is 35.5. The number of carbonyl (C=O) groups is 8. The van der Waals surface area contributed by atoms with Crippen LogP contribution in [-0.4, -0.2) is 197 Å². The van der Waals surface area contributed by atoms with Gasteiger partial charge in [-0.15, -0.1) is 26.3 Å². The number of carbonyl (C=O) groups excluding carboxylic acids is 8. The van der Waals surface area contributed by atoms with Crippen molar-refractivity contribution in [3.63, 3.8) is 0 Å². The molecule has 6 fully saturated rings. The Bertz CT molecular complexity index is 4990. The lowest BCUT2D eigenvalue weighted by Gasteiger charge is -2.36. The predicted molar refractivity (Wildman–Crippen MR) is 448 cm³/mol. The molecule has 0 unspecified atom stereocenters. The third-order valence-electron chi connectivity index (χ3n) is 25.4. The fourth-order valence-corrected chi connectivity index (χ4v) is 19.9. The second kappa shape index (κ2) is 39.3. The summed E-state index contributed by atoms with van der Waals surface area (Å²) in [7, 11) is -8.02. The Hall–Kier alpha value is -8.32. The van der Waals surface area contributed by atoms with Crippen LogP contribution in [-0.2, 0) is 75.9 Å². The van der Waals surface area contributed by atoms with Crippen molar-refractivity contribution in [2.24, 2.45) is 29.6 Å². The Balaban J connectivity index is 0.000000224. The van der Waals surface area contributed by atoms with Crippen LogP contribution in [0.5, 0.6) is 23.0 Å². The number of fused-ring (bicyclic) bond motifs is 10. The van der Waals surface area contributed by atoms with E-state index in [2.05, 4.69) is 75.7 Å². The van der Waals surface area contributed by atoms with Gasteiger partial charge < -0.3 is 71.9 Å². The minimum atomic E-state index is -4.90. The highest BCUT2D eigenvalue weighted by molar-refractivity contribution is 7.92. The summed E-state index contributed by atoms with van der Waals surface area (Å²) >= 11 is 4.86. The van der Waals surface area contributed by atoms with Crippen LogP contribution in [0.4, 0.5) is 31.1 Å². The summed E-state index contributed by atoms with van der Waals surface area (Å²) in [5.41, 5.74) is 1.28. The first-order valence-electron chi connectivity index (χ1n) is 43.2. The number of nitrogens with zero attached hydrogens (tertiary/aromatic N) is 5. The number of halogens is 8. The number of amides is 6. The second-order valence-corrected chi connectivity index (χ2v) is 40.8. The van der Waals surface area contributed by atoms with Crippen LogP contribution >= 0.6 is 11.6 Å². The van der Waals surface area contributed by atoms with Crippen molar-refractivity contribution in [1.82, 2.24) is 44.7 Å². The molecule has 125 heavy (non-hydrogen) atoms. The number of benzene rings is 2. The topological polar surface area (TPSA) is 371 Å². The number of aryl methyl sites for hydroxylation is 4. The van der Waals surface area contributed by atoms with E-state index in [-0.39, 0.29) is 88.2 Å². The molecule has 4 saturated carbocycles. The number of hydrogen-bond donors (Lipinski definition) is 5. The van der Waals surface area contributed by atoms with Gasteiger partial charge in [-0.25, -0.2) is 31.6 Å². The molecule has 10 aliphatic rings. The first-order valence-corrected chi connectivity index (χ1v) is 46.5. The molecular weight excluding hydrogens is 1720 g/mol. The fraction of sp³-hybridized carbons (Fsp3) is 0.655. The fourth-order valence-electron chi connectivity index (χ4n) is 17.2. The van der Waals surface area contributed by atoms with Gasteiger partial charge in [0.05, 0.1) is 64.6 Å². The summed E-state index contributed by atoms with van der Waals surface area (Å²) in [4.78, 5) is 123. The number of alkyl halides is 6. The largest absolute Gasteiger partial charge is 1.00 e. The van der Waals surface area contributed by atoms with Crippen LogP contribution in [0, 0.1) is 43.4 Å². The van der Waals surface area contributed by atoms with Gasteiger partial charge in [-0.1, -0.05) is 92.0 Å². The number of hydrogen-bond acceptors (Lipinski definition) is 21. The van der Waals surface area contributed by atoms with Crippen LogP contribution in [0.1, 0.15) is 220 Å². The molecule has 6 amide bonds. The smallest absolute Gasteiger partial charge is 0.573 e. The van der Waals surface area contributed by atoms with Crippen molar-refractivity contribution in [3.8, 4) is 23.0 Å². The van der Waals surface area contributed by atoms with Crippen LogP contribution in [0.3, 0.4) is 0 Å². The van der Waals surface area contributed by atoms with Crippen molar-refractivity contribution in [2.45, 2.75) is 286 Å². The van der Waals surface area contributed by atoms with Crippen molar-refractivity contribution in [2.75, 3.05) is 45.9 Å². The SMILES string of the molecule is CC(C)COC(=O)Cl.CCN(CC)CC.Cc1nc2ccc(OC(F)(F)F)cc2c2c1O[C@]1(CC2)C[C@H]2C(=O)N[C@]3(C(=O)NS(=O)(=O)C4(C)CC4)C[C@H]3/C=C\CCCCC[C@H](CC(=O)OCC(C)C)C(=O)N2C1.Cc1nc2ccc(OC(F)(F)F)cc2c2c1O[C@]1(CC2)C[C@H]2C(=O)N[C@]3(C(=O)NS(=O)(=O)C4(C)CC4)C[C@H]3/C=C\CCCCC[C@H]([NH3+])C(=O)N2C1.[Cl-]. The number of aromatic nitrogens is 2. The second-order valence-electron chi connectivity index (χ2n) is 36.1. The van der Waals surface area contributed by atoms with Crippen molar-refractivity contribution >= 4 is 100 Å². The molecule has 8 heterocycles. The molecule has 0 bridgehead atoms. The Morgan fingerprint density at radius 2 is 1.02 bits per heavy atom. The van der Waals surface area contributed by atoms with Gasteiger partial charge in [0.15, 0.2) is 6.04 Å². The summed E-state index contributed by atoms with van der Waals surface area (Å²) in [6.07, 6.45) is 7.92. The van der Waals surface area contributed by atoms with Crippen LogP contribution in [0.25, 0.3) is 21.8 Å². The number of allylic oxidation sites excluding steroid dienone is 2. The van der Waals surface area contributed by atoms with E-state index in [1.165, 1.54) is 65.8 Å². The minimum Gasteiger partial charge on any atom is -1.00 e. The Morgan fingerprint density at radius 1 is 0.608 bits per heavy atom. The van der Waals surface area contributed by atoms with Gasteiger partial charge in [0, 0.05) is 70.5 Å². The standard InChI is InChI=1S/C41H51F3N4O9S.C35H42F3N5O7S.C6H15N.C5H9ClO2.ClH/c1-24(2)22-55-33(49)18-26-10-8-6-5-7-9-11-27-20-40(27,37(52)47-58(53,54)38(4)16-17-38)46-35(50)32-21-39(23-48(32)36(26)51)15-14-29-30-19-28(56-41(42,43)44)12-13-31(30)45-25(3)34(29)57-39;1-20-28-23(24-16-22(49-35(36,37)38)10-11-26(24)40-20)12-13-33(50-28)18-27-29(44)41-34(31(46)42-51(47,48)32(2)14-15-32)17-21(34)8-6-4-3-5-7-9-25(39)30(45)43(27)19-33;1-4-7(5-2)6-3;1-4(2)3-8-5(6)7;/h9,11-13,19,24,26-27,32H,5-8,10,14-18,20-23H2,1-4H3,(H,46,50)(H,47,52);6,8,10-11,16,21,25,27H,3-5,7,9,12-15,17-19,39H2,1-2H3,(H,41,44)(H,42,46);4-6H2,1-3H3;4H,3H2,1-2H3;1H/b11-9-;8-6-;;;/t26-,27-,32+,39-,40-;21-,25+,27+,33-,34-;;;/m11.../s1. The highest BCUT2D eigenvalue weighted by Gasteiger charge is 2.66. The average molecular weight is 1840 g/mol. The highest BCUT2D eigenvalue weighted by Crippen LogP contribution is 2.53. The van der Waals surface area contributed by atoms with Gasteiger partial charge in [0.1, 0.15) is 57.4 Å². The van der Waals surface area contributed by atoms with Gasteiger partial charge in [0.25, 0.3) is 17.7 Å². The van der Waals surface area contributed by atoms with Gasteiger partial charge in [0.2, 0.25) is 37.8 Å². The zero-order valence-electron chi connectivity index (χ0n) is 72.7. The molecule has 4 aromatic rings. The van der Waals surface area contributed by atoms with Crippen molar-refractivity contribution in [3.05, 3.63) is 83.2 Å². The monoisotopic (exact) mass is 1840 g/mol. The van der Waals surface area contributed by atoms with E-state index in [4.69, 9.17) is 25.8 Å². The molecular formula is C87H118Cl2F6N10O18S2. The third kappa shape index (κ3) is 23.6. The Labute approximate surface area is 737 Å². The number of pyridine rings is 2. The third-order valence-corrected chi connectivity index (χ3v) is 29.9. The minimum absolute atomic E-state index is 0. The average Bonchev–Trinajstić information content (AvgIpc) is 1.22. The molecule has 38 heteroatoms. The molecule has 2 aromatic heterocycles. The summed E-state index contributed by atoms with van der Waals surface area (Å²) in [5, 5.41) is 6.63. The molecule has 692 valence electrons. The van der Waals surface area contributed by atoms with E-state index in [9.17, 15) is 81.5 Å². The summed E-state index contributed by atoms with van der Waals surface area (Å²) in [5.74, 6) is -5.60. The number of quaternary nitrogens is 1. The van der Waals surface area contributed by atoms with Gasteiger partial charge in [-0.3, -0.25) is 43.0 Å². The van der Waals surface area contributed by atoms with E-state index in [0.717, 1.165) is 38.5 Å². The number of rotatable bonds is 17. The molecule has 10 atom stereocenters. The Morgan fingerprint density at radius 3 is 1.39 bits per heavy atom. The van der Waals surface area contributed by atoms with E-state index >= 15 is 0 Å². The number of sulfonamides is 2. The lowest BCUT2D eigenvalue weighted by Crippen LogP contribution is -3.00. The number of ether oxygens (including phenoxy) is 6. The first-order chi connectivity index (χ1) is 58.2. The molecule has 2 saturated heterocycles. The van der Waals surface area contributed by atoms with Crippen LogP contribution in [0.15, 0.2) is 60.7 Å². The Kier molecular flexibility index (Phi) is 31.1. The van der Waals surface area contributed by atoms with Gasteiger partial charge in [-0.2, -0.15) is 0 Å². The molecule has 2 aromatic carbocycles. The van der Waals surface area contributed by atoms with Crippen LogP contribution in [0.2, 0.25) is 0 Å². The van der Waals surface area contributed by atoms with E-state index in [1.807, 2.05) is 52.0 Å². The molecule has 0 radical (unpaired) electrons. The van der Waals surface area contributed by atoms with E-state index < -0.39 is 147 Å². The number of nitrogens with one attached hydrogen (secondary N) is 4. The molecule has 28 nitrogen and oxygen atoms in total. The lowest BCUT2D eigenvalue weighted by atomic mass is 9.87. The van der Waals surface area contributed by atoms with Crippen LogP contribution < -0.4 is 57.2 Å². The van der Waals surface area contributed by atoms with Crippen molar-refractivity contribution < 1.29 is 128 Å². The lowest BCUT2D eigenvalue weighted by molar-refractivity contribution is -0.407. The first kappa shape index (κ1) is 98.9. The molecule has 7 N–H and O–H groups in total.